The molecule has 1 saturated carbocycles. The number of allylic oxidation sites excluding steroid dienone is 2. The summed E-state index contributed by atoms with van der Waals surface area (Å²) in [6.07, 6.45) is 10.6. The number of amides is 1. The van der Waals surface area contributed by atoms with Crippen LogP contribution in [0.15, 0.2) is 40.8 Å². The number of H-pyrrole nitrogens is 1. The molecule has 6 rings (SSSR count). The number of aliphatic imine (C=N–C) groups is 1. The van der Waals surface area contributed by atoms with Crippen molar-refractivity contribution in [2.75, 3.05) is 0 Å². The van der Waals surface area contributed by atoms with Crippen LogP contribution in [0.5, 0.6) is 0 Å². The lowest BCUT2D eigenvalue weighted by molar-refractivity contribution is -0.123. The van der Waals surface area contributed by atoms with Crippen molar-refractivity contribution in [2.45, 2.75) is 70.0 Å². The van der Waals surface area contributed by atoms with Gasteiger partial charge in [-0.25, -0.2) is 0 Å². The van der Waals surface area contributed by atoms with E-state index in [1.54, 1.807) is 10.9 Å². The van der Waals surface area contributed by atoms with Crippen molar-refractivity contribution >= 4 is 46.4 Å². The SMILES string of the molecule is CC1=Cc2[nH]ncc2C(/C(C(C)=NC2CC3CC(C(C)C)N(C=O)C32)=C(/N)c2cc3cn(C)nc3cn2)C1Cl. The zero-order valence-corrected chi connectivity index (χ0v) is 23.7. The maximum atomic E-state index is 12.1. The molecule has 0 bridgehead atoms. The minimum absolute atomic E-state index is 0.0262. The molecule has 3 aromatic heterocycles. The Labute approximate surface area is 233 Å². The first kappa shape index (κ1) is 25.8. The van der Waals surface area contributed by atoms with E-state index in [4.69, 9.17) is 22.3 Å². The number of pyridine rings is 1. The molecule has 1 amide bonds. The average Bonchev–Trinajstić information content (AvgIpc) is 3.58. The van der Waals surface area contributed by atoms with Crippen LogP contribution < -0.4 is 5.73 Å². The standard InChI is InChI=1S/C29H35ClN8O/c1-14(2)24-9-17-7-22(29(17)38(24)13-39)34-16(4)25(26-19-10-33-35-20(19)6-15(3)27(26)30)28(31)21-8-18-12-37(5)36-23(18)11-32-21/h6,8,10-14,17,22,24,26-27,29H,7,9,31H2,1-5H3,(H,33,35)/b28-25+,34-16?. The van der Waals surface area contributed by atoms with Gasteiger partial charge in [0.1, 0.15) is 5.52 Å². The van der Waals surface area contributed by atoms with Gasteiger partial charge in [-0.2, -0.15) is 10.2 Å². The largest absolute Gasteiger partial charge is 0.397 e. The summed E-state index contributed by atoms with van der Waals surface area (Å²) in [5, 5.41) is 12.5. The van der Waals surface area contributed by atoms with Crippen LogP contribution in [0.3, 0.4) is 0 Å². The minimum atomic E-state index is -0.326. The number of fused-ring (bicyclic) bond motifs is 3. The lowest BCUT2D eigenvalue weighted by atomic mass is 9.74. The van der Waals surface area contributed by atoms with Gasteiger partial charge in [-0.3, -0.25) is 24.6 Å². The average molecular weight is 547 g/mol. The number of alkyl halides is 1. The van der Waals surface area contributed by atoms with Crippen molar-refractivity contribution in [3.63, 3.8) is 0 Å². The number of nitrogens with one attached hydrogen (secondary N) is 1. The van der Waals surface area contributed by atoms with Gasteiger partial charge in [0.2, 0.25) is 6.41 Å². The van der Waals surface area contributed by atoms with E-state index in [0.29, 0.717) is 23.2 Å². The number of hydrogen-bond acceptors (Lipinski definition) is 6. The lowest BCUT2D eigenvalue weighted by Crippen LogP contribution is -2.52. The van der Waals surface area contributed by atoms with Gasteiger partial charge in [0.05, 0.1) is 46.9 Å². The maximum absolute atomic E-state index is 12.1. The number of carbonyl (C=O) groups excluding carboxylic acids is 1. The summed E-state index contributed by atoms with van der Waals surface area (Å²) in [5.41, 5.74) is 13.6. The Hall–Kier alpha value is -3.46. The Morgan fingerprint density at radius 1 is 1.31 bits per heavy atom. The molecule has 0 spiro atoms. The van der Waals surface area contributed by atoms with Crippen LogP contribution in [0.4, 0.5) is 0 Å². The van der Waals surface area contributed by atoms with Gasteiger partial charge < -0.3 is 10.6 Å². The van der Waals surface area contributed by atoms with Crippen LogP contribution in [-0.4, -0.2) is 65.5 Å². The van der Waals surface area contributed by atoms with Crippen LogP contribution in [0.1, 0.15) is 63.4 Å². The van der Waals surface area contributed by atoms with E-state index in [1.807, 2.05) is 50.3 Å². The smallest absolute Gasteiger partial charge is 0.210 e. The summed E-state index contributed by atoms with van der Waals surface area (Å²) in [6.45, 7) is 8.41. The highest BCUT2D eigenvalue weighted by molar-refractivity contribution is 6.25. The fraction of sp³-hybridized carbons (Fsp3) is 0.483. The normalized spacial score (nSPS) is 29.2. The van der Waals surface area contributed by atoms with Crippen LogP contribution in [0, 0.1) is 11.8 Å². The summed E-state index contributed by atoms with van der Waals surface area (Å²) in [7, 11) is 1.89. The molecular formula is C29H35ClN8O. The molecule has 10 heteroatoms. The molecule has 2 fully saturated rings. The second-order valence-electron chi connectivity index (χ2n) is 11.6. The number of rotatable bonds is 6. The molecule has 9 nitrogen and oxygen atoms in total. The van der Waals surface area contributed by atoms with Gasteiger partial charge >= 0.3 is 0 Å². The van der Waals surface area contributed by atoms with E-state index in [0.717, 1.165) is 58.3 Å². The van der Waals surface area contributed by atoms with Crippen molar-refractivity contribution in [1.29, 1.82) is 0 Å². The molecule has 1 aliphatic heterocycles. The van der Waals surface area contributed by atoms with Crippen molar-refractivity contribution in [1.82, 2.24) is 29.9 Å². The van der Waals surface area contributed by atoms with E-state index in [-0.39, 0.29) is 29.4 Å². The molecular weight excluding hydrogens is 512 g/mol. The maximum Gasteiger partial charge on any atom is 0.210 e. The number of hydrogen-bond donors (Lipinski definition) is 2. The molecule has 0 aromatic carbocycles. The Morgan fingerprint density at radius 3 is 2.85 bits per heavy atom. The van der Waals surface area contributed by atoms with Gasteiger partial charge in [0, 0.05) is 47.4 Å². The molecule has 1 saturated heterocycles. The van der Waals surface area contributed by atoms with Gasteiger partial charge in [-0.05, 0) is 50.7 Å². The molecule has 3 N–H and O–H groups in total. The highest BCUT2D eigenvalue weighted by atomic mass is 35.5. The second kappa shape index (κ2) is 9.62. The number of aromatic nitrogens is 5. The van der Waals surface area contributed by atoms with Gasteiger partial charge in [-0.15, -0.1) is 11.6 Å². The zero-order valence-electron chi connectivity index (χ0n) is 23.0. The number of aryl methyl sites for hydroxylation is 1. The number of likely N-dealkylation sites (tertiary alicyclic amines) is 1. The monoisotopic (exact) mass is 546 g/mol. The van der Waals surface area contributed by atoms with Crippen molar-refractivity contribution in [3.8, 4) is 0 Å². The molecule has 39 heavy (non-hydrogen) atoms. The Balaban J connectivity index is 1.46. The number of nitrogens with zero attached hydrogens (tertiary/aromatic N) is 6. The lowest BCUT2D eigenvalue weighted by Gasteiger charge is -2.42. The Kier molecular flexibility index (Phi) is 6.37. The summed E-state index contributed by atoms with van der Waals surface area (Å²) in [4.78, 5) is 24.0. The van der Waals surface area contributed by atoms with Crippen LogP contribution in [-0.2, 0) is 11.8 Å². The van der Waals surface area contributed by atoms with Gasteiger partial charge in [0.25, 0.3) is 0 Å². The number of aromatic amines is 1. The van der Waals surface area contributed by atoms with Crippen LogP contribution in [0.25, 0.3) is 22.7 Å². The summed E-state index contributed by atoms with van der Waals surface area (Å²) in [5.74, 6) is 0.648. The van der Waals surface area contributed by atoms with Crippen molar-refractivity contribution in [2.24, 2.45) is 29.6 Å². The quantitative estimate of drug-likeness (QED) is 0.272. The molecule has 4 heterocycles. The third-order valence-corrected chi connectivity index (χ3v) is 9.45. The molecule has 3 aromatic rings. The van der Waals surface area contributed by atoms with Crippen molar-refractivity contribution in [3.05, 3.63) is 52.8 Å². The first-order valence-corrected chi connectivity index (χ1v) is 14.0. The fourth-order valence-electron chi connectivity index (χ4n) is 6.87. The summed E-state index contributed by atoms with van der Waals surface area (Å²) in [6, 6.07) is 2.38. The third-order valence-electron chi connectivity index (χ3n) is 8.85. The van der Waals surface area contributed by atoms with Crippen LogP contribution in [0.2, 0.25) is 0 Å². The zero-order chi connectivity index (χ0) is 27.6. The Bertz CT molecular complexity index is 1530. The molecule has 6 atom stereocenters. The molecule has 2 aliphatic carbocycles. The molecule has 0 radical (unpaired) electrons. The first-order valence-electron chi connectivity index (χ1n) is 13.6. The summed E-state index contributed by atoms with van der Waals surface area (Å²) < 4.78 is 1.77. The number of nitrogens with two attached hydrogens (primary N) is 1. The highest BCUT2D eigenvalue weighted by Crippen LogP contribution is 2.48. The number of halogens is 1. The third kappa shape index (κ3) is 4.18. The predicted molar refractivity (Wildman–Crippen MR) is 154 cm³/mol. The summed E-state index contributed by atoms with van der Waals surface area (Å²) >= 11 is 7.12. The first-order chi connectivity index (χ1) is 18.7. The number of carbonyl (C=O) groups is 1. The van der Waals surface area contributed by atoms with Gasteiger partial charge in [-0.1, -0.05) is 19.4 Å². The Morgan fingerprint density at radius 2 is 2.10 bits per heavy atom. The van der Waals surface area contributed by atoms with Crippen LogP contribution >= 0.6 is 11.6 Å². The van der Waals surface area contributed by atoms with E-state index < -0.39 is 0 Å². The fourth-order valence-corrected chi connectivity index (χ4v) is 7.20. The van der Waals surface area contributed by atoms with E-state index in [9.17, 15) is 4.79 Å². The second-order valence-corrected chi connectivity index (χ2v) is 12.1. The van der Waals surface area contributed by atoms with Gasteiger partial charge in [0.15, 0.2) is 0 Å². The topological polar surface area (TPSA) is 118 Å². The molecule has 3 aliphatic rings. The van der Waals surface area contributed by atoms with E-state index in [2.05, 4.69) is 34.1 Å². The highest BCUT2D eigenvalue weighted by Gasteiger charge is 2.53. The predicted octanol–water partition coefficient (Wildman–Crippen LogP) is 4.27. The minimum Gasteiger partial charge on any atom is -0.397 e. The molecule has 204 valence electrons. The molecule has 6 unspecified atom stereocenters. The van der Waals surface area contributed by atoms with E-state index >= 15 is 0 Å². The van der Waals surface area contributed by atoms with Crippen molar-refractivity contribution < 1.29 is 4.79 Å². The van der Waals surface area contributed by atoms with E-state index in [1.165, 1.54) is 0 Å².